The van der Waals surface area contributed by atoms with Gasteiger partial charge in [0.05, 0.1) is 40.5 Å². The number of aromatic carboxylic acids is 1. The minimum absolute atomic E-state index is 0.00790. The number of carboxylic acid groups (broad SMARTS) is 1. The summed E-state index contributed by atoms with van der Waals surface area (Å²) < 4.78 is 39.1. The first kappa shape index (κ1) is 23.1. The van der Waals surface area contributed by atoms with Gasteiger partial charge in [0.15, 0.2) is 6.04 Å². The number of carboxylic acids is 1. The third-order valence-electron chi connectivity index (χ3n) is 5.35. The van der Waals surface area contributed by atoms with Crippen molar-refractivity contribution in [2.75, 3.05) is 16.6 Å². The maximum absolute atomic E-state index is 13.0. The zero-order chi connectivity index (χ0) is 24.6. The Morgan fingerprint density at radius 3 is 2.38 bits per heavy atom. The van der Waals surface area contributed by atoms with E-state index in [1.807, 2.05) is 0 Å². The summed E-state index contributed by atoms with van der Waals surface area (Å²) in [6.07, 6.45) is -4.55. The largest absolute Gasteiger partial charge is 0.478 e. The summed E-state index contributed by atoms with van der Waals surface area (Å²) in [7, 11) is 0. The second-order valence-electron chi connectivity index (χ2n) is 7.76. The first-order chi connectivity index (χ1) is 16.0. The van der Waals surface area contributed by atoms with E-state index in [2.05, 4.69) is 20.4 Å². The lowest BCUT2D eigenvalue weighted by Gasteiger charge is -2.15. The molecule has 2 atom stereocenters. The van der Waals surface area contributed by atoms with Crippen molar-refractivity contribution in [1.29, 1.82) is 0 Å². The lowest BCUT2D eigenvalue weighted by molar-refractivity contribution is -0.137. The number of amides is 1. The van der Waals surface area contributed by atoms with Gasteiger partial charge in [0.2, 0.25) is 0 Å². The molecule has 12 heteroatoms. The summed E-state index contributed by atoms with van der Waals surface area (Å²) in [6, 6.07) is 9.04. The number of hydrazone groups is 2. The zero-order valence-corrected chi connectivity index (χ0v) is 18.1. The number of rotatable bonds is 5. The Morgan fingerprint density at radius 1 is 1.03 bits per heavy atom. The van der Waals surface area contributed by atoms with Crippen molar-refractivity contribution in [3.63, 3.8) is 0 Å². The molecule has 2 aliphatic heterocycles. The monoisotopic (exact) mass is 472 g/mol. The van der Waals surface area contributed by atoms with E-state index in [-0.39, 0.29) is 11.3 Å². The number of anilines is 2. The van der Waals surface area contributed by atoms with Crippen LogP contribution in [0.3, 0.4) is 0 Å². The number of hydrogen-bond acceptors (Lipinski definition) is 7. The molecular weight excluding hydrogens is 453 g/mol. The Labute approximate surface area is 191 Å². The maximum Gasteiger partial charge on any atom is 0.416 e. The number of alkyl halides is 3. The fraction of sp³-hybridized carbons (Fsp3) is 0.273. The molecule has 0 radical (unpaired) electrons. The number of nitrogens with zero attached hydrogens (tertiary/aromatic N) is 6. The normalized spacial score (nSPS) is 20.8. The zero-order valence-electron chi connectivity index (χ0n) is 18.1. The van der Waals surface area contributed by atoms with E-state index in [0.717, 1.165) is 17.1 Å². The van der Waals surface area contributed by atoms with Gasteiger partial charge in [-0.15, -0.1) is 0 Å². The molecule has 0 fully saturated rings. The first-order valence-electron chi connectivity index (χ1n) is 10.2. The molecule has 0 saturated carbocycles. The molecule has 176 valence electrons. The summed E-state index contributed by atoms with van der Waals surface area (Å²) >= 11 is 0. The Balaban J connectivity index is 1.46. The SMILES string of the molecule is CC1=NN(c2ccc(C(=O)O)cc2)CC1N=NC1C(=O)N(c2cccc(C(F)(F)F)c2)N=C1C. The lowest BCUT2D eigenvalue weighted by Crippen LogP contribution is -2.30. The van der Waals surface area contributed by atoms with E-state index in [4.69, 9.17) is 5.11 Å². The smallest absolute Gasteiger partial charge is 0.416 e. The highest BCUT2D eigenvalue weighted by atomic mass is 19.4. The lowest BCUT2D eigenvalue weighted by atomic mass is 10.1. The maximum atomic E-state index is 13.0. The van der Waals surface area contributed by atoms with Gasteiger partial charge in [-0.2, -0.15) is 38.6 Å². The van der Waals surface area contributed by atoms with Gasteiger partial charge in [-0.3, -0.25) is 9.80 Å². The topological polar surface area (TPSA) is 110 Å². The molecule has 34 heavy (non-hydrogen) atoms. The standard InChI is InChI=1S/C22H19F3N6O3/c1-12-18(11-30(28-12)16-8-6-14(7-9-16)21(33)34)26-27-19-13(2)29-31(20(19)32)17-5-3-4-15(10-17)22(23,24)25/h3-10,18-19H,11H2,1-2H3,(H,33,34). The number of carbonyl (C=O) groups excluding carboxylic acids is 1. The number of azo groups is 1. The summed E-state index contributed by atoms with van der Waals surface area (Å²) in [5.41, 5.74) is 0.879. The quantitative estimate of drug-likeness (QED) is 0.657. The van der Waals surface area contributed by atoms with Gasteiger partial charge in [-0.25, -0.2) is 4.79 Å². The van der Waals surface area contributed by atoms with Crippen LogP contribution in [0.15, 0.2) is 69.0 Å². The van der Waals surface area contributed by atoms with Gasteiger partial charge in [-0.1, -0.05) is 6.07 Å². The van der Waals surface area contributed by atoms with Crippen LogP contribution in [-0.4, -0.2) is 47.0 Å². The van der Waals surface area contributed by atoms with Crippen molar-refractivity contribution in [2.24, 2.45) is 20.4 Å². The molecule has 9 nitrogen and oxygen atoms in total. The molecule has 0 saturated heterocycles. The Morgan fingerprint density at radius 2 is 1.74 bits per heavy atom. The molecule has 2 aromatic rings. The van der Waals surface area contributed by atoms with Crippen LogP contribution in [0.5, 0.6) is 0 Å². The second-order valence-corrected chi connectivity index (χ2v) is 7.76. The van der Waals surface area contributed by atoms with E-state index < -0.39 is 35.7 Å². The molecule has 0 aromatic heterocycles. The van der Waals surface area contributed by atoms with E-state index in [1.165, 1.54) is 24.3 Å². The molecule has 2 heterocycles. The Kier molecular flexibility index (Phi) is 5.90. The molecule has 4 rings (SSSR count). The molecule has 0 aliphatic carbocycles. The van der Waals surface area contributed by atoms with Gasteiger partial charge in [0, 0.05) is 0 Å². The molecule has 0 bridgehead atoms. The van der Waals surface area contributed by atoms with E-state index in [9.17, 15) is 22.8 Å². The van der Waals surface area contributed by atoms with Gasteiger partial charge in [-0.05, 0) is 56.3 Å². The van der Waals surface area contributed by atoms with E-state index in [0.29, 0.717) is 23.7 Å². The van der Waals surface area contributed by atoms with Crippen molar-refractivity contribution < 1.29 is 27.9 Å². The fourth-order valence-corrected chi connectivity index (χ4v) is 3.49. The highest BCUT2D eigenvalue weighted by Crippen LogP contribution is 2.33. The van der Waals surface area contributed by atoms with Gasteiger partial charge < -0.3 is 5.11 Å². The predicted molar refractivity (Wildman–Crippen MR) is 118 cm³/mol. The van der Waals surface area contributed by atoms with E-state index in [1.54, 1.807) is 31.0 Å². The van der Waals surface area contributed by atoms with Gasteiger partial charge in [0.25, 0.3) is 5.91 Å². The van der Waals surface area contributed by atoms with Crippen molar-refractivity contribution >= 4 is 34.7 Å². The van der Waals surface area contributed by atoms with E-state index >= 15 is 0 Å². The van der Waals surface area contributed by atoms with Crippen molar-refractivity contribution in [2.45, 2.75) is 32.1 Å². The number of halogens is 3. The molecule has 0 spiro atoms. The second kappa shape index (κ2) is 8.69. The molecule has 2 aromatic carbocycles. The molecule has 2 unspecified atom stereocenters. The Bertz CT molecular complexity index is 1220. The van der Waals surface area contributed by atoms with Crippen molar-refractivity contribution in [3.8, 4) is 0 Å². The summed E-state index contributed by atoms with van der Waals surface area (Å²) in [5, 5.41) is 28.4. The minimum atomic E-state index is -4.55. The predicted octanol–water partition coefficient (Wildman–Crippen LogP) is 4.21. The third-order valence-corrected chi connectivity index (χ3v) is 5.35. The van der Waals surface area contributed by atoms with Crippen LogP contribution in [0.2, 0.25) is 0 Å². The van der Waals surface area contributed by atoms with Crippen LogP contribution in [-0.2, 0) is 11.0 Å². The number of hydrogen-bond donors (Lipinski definition) is 1. The summed E-state index contributed by atoms with van der Waals surface area (Å²) in [4.78, 5) is 23.8. The van der Waals surface area contributed by atoms with Crippen LogP contribution in [0.25, 0.3) is 0 Å². The molecular formula is C22H19F3N6O3. The van der Waals surface area contributed by atoms with Gasteiger partial charge >= 0.3 is 12.1 Å². The average Bonchev–Trinajstić information content (AvgIpc) is 3.30. The third kappa shape index (κ3) is 4.51. The molecule has 1 N–H and O–H groups in total. The number of benzene rings is 2. The number of carbonyl (C=O) groups is 2. The molecule has 1 amide bonds. The van der Waals surface area contributed by atoms with Crippen LogP contribution >= 0.6 is 0 Å². The van der Waals surface area contributed by atoms with Crippen LogP contribution in [0, 0.1) is 0 Å². The molecule has 2 aliphatic rings. The van der Waals surface area contributed by atoms with Crippen LogP contribution in [0.4, 0.5) is 24.5 Å². The summed E-state index contributed by atoms with van der Waals surface area (Å²) in [6.45, 7) is 3.64. The van der Waals surface area contributed by atoms with Crippen LogP contribution < -0.4 is 10.0 Å². The average molecular weight is 472 g/mol. The fourth-order valence-electron chi connectivity index (χ4n) is 3.49. The van der Waals surface area contributed by atoms with Gasteiger partial charge in [0.1, 0.15) is 6.04 Å². The van der Waals surface area contributed by atoms with Crippen molar-refractivity contribution in [3.05, 3.63) is 59.7 Å². The minimum Gasteiger partial charge on any atom is -0.478 e. The Hall–Kier alpha value is -4.09. The van der Waals surface area contributed by atoms with Crippen molar-refractivity contribution in [1.82, 2.24) is 0 Å². The summed E-state index contributed by atoms with van der Waals surface area (Å²) in [5.74, 6) is -1.63. The highest BCUT2D eigenvalue weighted by molar-refractivity contribution is 6.18. The first-order valence-corrected chi connectivity index (χ1v) is 10.2. The highest BCUT2D eigenvalue weighted by Gasteiger charge is 2.37. The van der Waals surface area contributed by atoms with Crippen LogP contribution in [0.1, 0.15) is 29.8 Å².